The largest absolute Gasteiger partial charge is 0.486 e. The van der Waals surface area contributed by atoms with Gasteiger partial charge in [-0.15, -0.1) is 0 Å². The monoisotopic (exact) mass is 461 g/mol. The molecule has 154 valence electrons. The molecule has 0 saturated carbocycles. The summed E-state index contributed by atoms with van der Waals surface area (Å²) in [6, 6.07) is 10.5. The lowest BCUT2D eigenvalue weighted by molar-refractivity contribution is -0.114. The summed E-state index contributed by atoms with van der Waals surface area (Å²) < 4.78 is 11.9. The summed E-state index contributed by atoms with van der Waals surface area (Å²) in [7, 11) is 0. The smallest absolute Gasteiger partial charge is 0.253 e. The number of benzene rings is 2. The molecule has 0 bridgehead atoms. The Bertz CT molecular complexity index is 882. The molecule has 8 heteroatoms. The van der Waals surface area contributed by atoms with E-state index in [0.717, 1.165) is 10.2 Å². The van der Waals surface area contributed by atoms with Crippen molar-refractivity contribution in [2.45, 2.75) is 13.8 Å². The van der Waals surface area contributed by atoms with E-state index in [-0.39, 0.29) is 18.4 Å². The van der Waals surface area contributed by atoms with E-state index in [1.165, 1.54) is 0 Å². The van der Waals surface area contributed by atoms with Gasteiger partial charge in [-0.05, 0) is 54.0 Å². The third-order valence-corrected chi connectivity index (χ3v) is 5.19. The second kappa shape index (κ2) is 9.65. The number of carbonyl (C=O) groups excluding carboxylic acids is 2. The Morgan fingerprint density at radius 3 is 2.28 bits per heavy atom. The van der Waals surface area contributed by atoms with Crippen LogP contribution in [0, 0.1) is 0 Å². The minimum absolute atomic E-state index is 0.0157. The zero-order chi connectivity index (χ0) is 20.8. The van der Waals surface area contributed by atoms with Gasteiger partial charge in [0.2, 0.25) is 5.91 Å². The van der Waals surface area contributed by atoms with E-state index in [4.69, 9.17) is 9.47 Å². The first-order chi connectivity index (χ1) is 14.0. The van der Waals surface area contributed by atoms with Crippen molar-refractivity contribution in [3.8, 4) is 11.5 Å². The van der Waals surface area contributed by atoms with E-state index < -0.39 is 0 Å². The van der Waals surface area contributed by atoms with E-state index >= 15 is 0 Å². The van der Waals surface area contributed by atoms with Crippen molar-refractivity contribution in [1.29, 1.82) is 0 Å². The van der Waals surface area contributed by atoms with E-state index in [0.29, 0.717) is 49.1 Å². The zero-order valence-corrected chi connectivity index (χ0v) is 18.0. The lowest BCUT2D eigenvalue weighted by Crippen LogP contribution is -2.30. The number of amides is 2. The van der Waals surface area contributed by atoms with Crippen LogP contribution in [0.5, 0.6) is 11.5 Å². The first-order valence-electron chi connectivity index (χ1n) is 9.54. The number of nitrogens with one attached hydrogen (secondary N) is 2. The van der Waals surface area contributed by atoms with Crippen LogP contribution in [0.25, 0.3) is 0 Å². The van der Waals surface area contributed by atoms with Crippen molar-refractivity contribution in [2.75, 3.05) is 43.5 Å². The second-order valence-corrected chi connectivity index (χ2v) is 7.29. The van der Waals surface area contributed by atoms with Gasteiger partial charge < -0.3 is 25.0 Å². The van der Waals surface area contributed by atoms with Crippen molar-refractivity contribution in [2.24, 2.45) is 0 Å². The Kier molecular flexibility index (Phi) is 6.98. The maximum absolute atomic E-state index is 12.3. The average molecular weight is 462 g/mol. The molecule has 2 amide bonds. The molecule has 0 aromatic heterocycles. The molecule has 0 radical (unpaired) electrons. The Hall–Kier alpha value is -2.74. The van der Waals surface area contributed by atoms with Gasteiger partial charge in [-0.2, -0.15) is 0 Å². The minimum atomic E-state index is -0.199. The van der Waals surface area contributed by atoms with Crippen molar-refractivity contribution in [1.82, 2.24) is 4.90 Å². The van der Waals surface area contributed by atoms with Crippen LogP contribution >= 0.6 is 15.9 Å². The summed E-state index contributed by atoms with van der Waals surface area (Å²) in [5.41, 5.74) is 1.98. The summed E-state index contributed by atoms with van der Waals surface area (Å²) in [6.07, 6.45) is 0. The van der Waals surface area contributed by atoms with Crippen LogP contribution in [-0.4, -0.2) is 49.6 Å². The molecule has 3 rings (SSSR count). The molecule has 29 heavy (non-hydrogen) atoms. The minimum Gasteiger partial charge on any atom is -0.486 e. The zero-order valence-electron chi connectivity index (χ0n) is 16.5. The molecule has 1 aliphatic heterocycles. The predicted molar refractivity (Wildman–Crippen MR) is 116 cm³/mol. The number of hydrogen-bond donors (Lipinski definition) is 2. The van der Waals surface area contributed by atoms with Crippen molar-refractivity contribution in [3.63, 3.8) is 0 Å². The molecule has 2 N–H and O–H groups in total. The summed E-state index contributed by atoms with van der Waals surface area (Å²) in [5.74, 6) is 1.11. The number of hydrogen-bond acceptors (Lipinski definition) is 5. The van der Waals surface area contributed by atoms with Gasteiger partial charge in [0.15, 0.2) is 11.5 Å². The molecule has 0 saturated heterocycles. The van der Waals surface area contributed by atoms with E-state index in [1.54, 1.807) is 35.2 Å². The SMILES string of the molecule is CCN(CC)C(=O)c1ccc(NC(=O)CNc2cc3c(cc2Br)OCCO3)cc1. The van der Waals surface area contributed by atoms with Gasteiger partial charge in [0.25, 0.3) is 5.91 Å². The second-order valence-electron chi connectivity index (χ2n) is 6.43. The Morgan fingerprint density at radius 1 is 1.03 bits per heavy atom. The highest BCUT2D eigenvalue weighted by atomic mass is 79.9. The number of rotatable bonds is 7. The lowest BCUT2D eigenvalue weighted by atomic mass is 10.1. The predicted octanol–water partition coefficient (Wildman–Crippen LogP) is 3.75. The van der Waals surface area contributed by atoms with Gasteiger partial charge in [-0.3, -0.25) is 9.59 Å². The number of nitrogens with zero attached hydrogens (tertiary/aromatic N) is 1. The molecule has 0 aliphatic carbocycles. The Balaban J connectivity index is 1.56. The van der Waals surface area contributed by atoms with Gasteiger partial charge >= 0.3 is 0 Å². The standard InChI is InChI=1S/C21H24BrN3O4/c1-3-25(4-2)21(27)14-5-7-15(8-6-14)24-20(26)13-23-17-12-19-18(11-16(17)22)28-9-10-29-19/h5-8,11-12,23H,3-4,9-10,13H2,1-2H3,(H,24,26). The molecule has 0 fully saturated rings. The van der Waals surface area contributed by atoms with Gasteiger partial charge in [0.1, 0.15) is 13.2 Å². The first kappa shape index (κ1) is 21.0. The first-order valence-corrected chi connectivity index (χ1v) is 10.3. The molecule has 0 unspecified atom stereocenters. The van der Waals surface area contributed by atoms with Gasteiger partial charge in [-0.25, -0.2) is 0 Å². The van der Waals surface area contributed by atoms with Crippen molar-refractivity contribution >= 4 is 39.1 Å². The number of halogens is 1. The van der Waals surface area contributed by atoms with Crippen LogP contribution in [0.3, 0.4) is 0 Å². The highest BCUT2D eigenvalue weighted by molar-refractivity contribution is 9.10. The summed E-state index contributed by atoms with van der Waals surface area (Å²) >= 11 is 3.47. The molecular weight excluding hydrogens is 438 g/mol. The summed E-state index contributed by atoms with van der Waals surface area (Å²) in [5, 5.41) is 5.91. The molecule has 0 spiro atoms. The van der Waals surface area contributed by atoms with Crippen LogP contribution in [0.2, 0.25) is 0 Å². The van der Waals surface area contributed by atoms with Crippen LogP contribution in [-0.2, 0) is 4.79 Å². The fraction of sp³-hybridized carbons (Fsp3) is 0.333. The Morgan fingerprint density at radius 2 is 1.66 bits per heavy atom. The molecule has 0 atom stereocenters. The van der Waals surface area contributed by atoms with Crippen molar-refractivity contribution < 1.29 is 19.1 Å². The fourth-order valence-electron chi connectivity index (χ4n) is 2.97. The Labute approximate surface area is 178 Å². The number of anilines is 2. The topological polar surface area (TPSA) is 79.9 Å². The summed E-state index contributed by atoms with van der Waals surface area (Å²) in [4.78, 5) is 26.4. The van der Waals surface area contributed by atoms with Crippen LogP contribution in [0.15, 0.2) is 40.9 Å². The average Bonchev–Trinajstić information content (AvgIpc) is 2.73. The van der Waals surface area contributed by atoms with E-state index in [1.807, 2.05) is 19.9 Å². The maximum Gasteiger partial charge on any atom is 0.253 e. The third-order valence-electron chi connectivity index (χ3n) is 4.54. The molecule has 2 aromatic rings. The number of carbonyl (C=O) groups is 2. The highest BCUT2D eigenvalue weighted by Crippen LogP contribution is 2.38. The molecule has 1 heterocycles. The van der Waals surface area contributed by atoms with Gasteiger partial charge in [0.05, 0.1) is 12.2 Å². The molecule has 2 aromatic carbocycles. The molecule has 1 aliphatic rings. The van der Waals surface area contributed by atoms with Gasteiger partial charge in [0, 0.05) is 40.9 Å². The summed E-state index contributed by atoms with van der Waals surface area (Å²) in [6.45, 7) is 6.32. The highest BCUT2D eigenvalue weighted by Gasteiger charge is 2.16. The van der Waals surface area contributed by atoms with Crippen LogP contribution < -0.4 is 20.1 Å². The van der Waals surface area contributed by atoms with Crippen LogP contribution in [0.1, 0.15) is 24.2 Å². The van der Waals surface area contributed by atoms with Gasteiger partial charge in [-0.1, -0.05) is 0 Å². The fourth-order valence-corrected chi connectivity index (χ4v) is 3.43. The normalized spacial score (nSPS) is 12.2. The molecule has 7 nitrogen and oxygen atoms in total. The third kappa shape index (κ3) is 5.20. The number of fused-ring (bicyclic) bond motifs is 1. The molecular formula is C21H24BrN3O4. The van der Waals surface area contributed by atoms with Crippen LogP contribution in [0.4, 0.5) is 11.4 Å². The van der Waals surface area contributed by atoms with E-state index in [2.05, 4.69) is 26.6 Å². The number of ether oxygens (including phenoxy) is 2. The maximum atomic E-state index is 12.3. The lowest BCUT2D eigenvalue weighted by Gasteiger charge is -2.20. The van der Waals surface area contributed by atoms with E-state index in [9.17, 15) is 9.59 Å². The van der Waals surface area contributed by atoms with Crippen molar-refractivity contribution in [3.05, 3.63) is 46.4 Å². The quantitative estimate of drug-likeness (QED) is 0.655.